The maximum atomic E-state index is 13.2. The molecular weight excluding hydrogens is 320 g/mol. The van der Waals surface area contributed by atoms with Crippen LogP contribution in [-0.4, -0.2) is 45.0 Å². The average Bonchev–Trinajstić information content (AvgIpc) is 3.26. The highest BCUT2D eigenvalue weighted by molar-refractivity contribution is 5.96. The first kappa shape index (κ1) is 16.3. The number of hydrogen-bond acceptors (Lipinski definition) is 5. The van der Waals surface area contributed by atoms with E-state index in [1.165, 1.54) is 12.8 Å². The fraction of sp³-hybridized carbons (Fsp3) is 0.611. The van der Waals surface area contributed by atoms with Crippen LogP contribution in [0.15, 0.2) is 16.8 Å². The molecule has 1 fully saturated rings. The summed E-state index contributed by atoms with van der Waals surface area (Å²) in [7, 11) is 0. The summed E-state index contributed by atoms with van der Waals surface area (Å²) in [4.78, 5) is 15.2. The first-order valence-electron chi connectivity index (χ1n) is 8.95. The minimum Gasteiger partial charge on any atom is -0.379 e. The van der Waals surface area contributed by atoms with Gasteiger partial charge >= 0.3 is 0 Å². The number of fused-ring (bicyclic) bond motifs is 1. The number of aromatic nitrogens is 3. The Bertz CT molecular complexity index is 743. The monoisotopic (exact) mass is 344 g/mol. The molecule has 3 heterocycles. The summed E-state index contributed by atoms with van der Waals surface area (Å²) in [6.45, 7) is 6.29. The summed E-state index contributed by atoms with van der Waals surface area (Å²) in [5.74, 6) is 1.25. The van der Waals surface area contributed by atoms with Crippen LogP contribution in [0.2, 0.25) is 0 Å². The highest BCUT2D eigenvalue weighted by Crippen LogP contribution is 2.29. The minimum absolute atomic E-state index is 0.0293. The fourth-order valence-electron chi connectivity index (χ4n) is 3.42. The zero-order valence-corrected chi connectivity index (χ0v) is 14.8. The van der Waals surface area contributed by atoms with Crippen LogP contribution in [0.5, 0.6) is 0 Å². The van der Waals surface area contributed by atoms with Gasteiger partial charge in [-0.1, -0.05) is 5.16 Å². The van der Waals surface area contributed by atoms with Crippen molar-refractivity contribution >= 4 is 5.91 Å². The largest absolute Gasteiger partial charge is 0.379 e. The van der Waals surface area contributed by atoms with Crippen LogP contribution < -0.4 is 0 Å². The predicted octanol–water partition coefficient (Wildman–Crippen LogP) is 2.33. The first-order chi connectivity index (χ1) is 12.1. The van der Waals surface area contributed by atoms with Gasteiger partial charge in [0.2, 0.25) is 0 Å². The molecule has 0 bridgehead atoms. The molecule has 1 aliphatic carbocycles. The van der Waals surface area contributed by atoms with Gasteiger partial charge in [0.05, 0.1) is 30.6 Å². The van der Waals surface area contributed by atoms with E-state index in [1.807, 2.05) is 22.6 Å². The molecule has 0 aromatic carbocycles. The molecule has 4 rings (SSSR count). The maximum Gasteiger partial charge on any atom is 0.260 e. The van der Waals surface area contributed by atoms with E-state index in [0.717, 1.165) is 25.3 Å². The molecule has 1 atom stereocenters. The second kappa shape index (κ2) is 6.63. The molecule has 2 aromatic rings. The van der Waals surface area contributed by atoms with Gasteiger partial charge in [-0.15, -0.1) is 0 Å². The second-order valence-electron chi connectivity index (χ2n) is 7.10. The van der Waals surface area contributed by atoms with E-state index in [0.29, 0.717) is 36.1 Å². The molecule has 1 amide bonds. The molecule has 0 unspecified atom stereocenters. The quantitative estimate of drug-likeness (QED) is 0.832. The molecule has 134 valence electrons. The Hall–Kier alpha value is -2.15. The van der Waals surface area contributed by atoms with E-state index in [2.05, 4.69) is 10.3 Å². The Labute approximate surface area is 146 Å². The Kier molecular flexibility index (Phi) is 4.33. The van der Waals surface area contributed by atoms with Crippen LogP contribution in [0.25, 0.3) is 0 Å². The van der Waals surface area contributed by atoms with Crippen molar-refractivity contribution in [3.8, 4) is 0 Å². The summed E-state index contributed by atoms with van der Waals surface area (Å²) >= 11 is 0. The van der Waals surface area contributed by atoms with Crippen LogP contribution in [0.1, 0.15) is 46.8 Å². The summed E-state index contributed by atoms with van der Waals surface area (Å²) in [6, 6.07) is 2.00. The molecule has 1 saturated carbocycles. The lowest BCUT2D eigenvalue weighted by atomic mass is 10.1. The molecule has 2 aromatic heterocycles. The van der Waals surface area contributed by atoms with E-state index in [-0.39, 0.29) is 11.9 Å². The summed E-state index contributed by atoms with van der Waals surface area (Å²) < 4.78 is 13.1. The molecule has 7 heteroatoms. The smallest absolute Gasteiger partial charge is 0.260 e. The lowest BCUT2D eigenvalue weighted by molar-refractivity contribution is 0.0369. The van der Waals surface area contributed by atoms with Gasteiger partial charge in [-0.2, -0.15) is 5.10 Å². The third-order valence-electron chi connectivity index (χ3n) is 5.12. The van der Waals surface area contributed by atoms with Crippen molar-refractivity contribution in [3.05, 3.63) is 35.0 Å². The first-order valence-corrected chi connectivity index (χ1v) is 8.95. The van der Waals surface area contributed by atoms with Gasteiger partial charge in [-0.3, -0.25) is 9.48 Å². The Balaban J connectivity index is 1.57. The van der Waals surface area contributed by atoms with Gasteiger partial charge in [-0.25, -0.2) is 0 Å². The number of nitrogens with zero attached hydrogens (tertiary/aromatic N) is 4. The molecule has 0 N–H and O–H groups in total. The highest BCUT2D eigenvalue weighted by Gasteiger charge is 2.32. The molecule has 0 saturated heterocycles. The average molecular weight is 344 g/mol. The standard InChI is InChI=1S/C18H24N4O3/c1-12-17(13(2)25-20-12)18(23)21-9-15-5-7-19-22(15)8-6-16(21)11-24-10-14-3-4-14/h5,7,14,16H,3-4,6,8-11H2,1-2H3/t16-/m1/s1. The van der Waals surface area contributed by atoms with Gasteiger partial charge in [0.15, 0.2) is 0 Å². The van der Waals surface area contributed by atoms with Crippen molar-refractivity contribution in [2.75, 3.05) is 13.2 Å². The number of carbonyl (C=O) groups excluding carboxylic acids is 1. The van der Waals surface area contributed by atoms with Crippen LogP contribution in [0.3, 0.4) is 0 Å². The van der Waals surface area contributed by atoms with Crippen LogP contribution in [-0.2, 0) is 17.8 Å². The fourth-order valence-corrected chi connectivity index (χ4v) is 3.42. The third-order valence-corrected chi connectivity index (χ3v) is 5.12. The van der Waals surface area contributed by atoms with Crippen molar-refractivity contribution in [1.82, 2.24) is 19.8 Å². The van der Waals surface area contributed by atoms with Crippen molar-refractivity contribution in [3.63, 3.8) is 0 Å². The Morgan fingerprint density at radius 1 is 1.32 bits per heavy atom. The van der Waals surface area contributed by atoms with Gasteiger partial charge in [0.1, 0.15) is 11.3 Å². The number of rotatable bonds is 5. The SMILES string of the molecule is Cc1noc(C)c1C(=O)N1Cc2ccnn2CC[C@@H]1COCC1CC1. The molecule has 0 spiro atoms. The van der Waals surface area contributed by atoms with E-state index < -0.39 is 0 Å². The van der Waals surface area contributed by atoms with Gasteiger partial charge in [0, 0.05) is 19.3 Å². The Morgan fingerprint density at radius 2 is 2.16 bits per heavy atom. The molecule has 25 heavy (non-hydrogen) atoms. The summed E-state index contributed by atoms with van der Waals surface area (Å²) in [5, 5.41) is 8.31. The van der Waals surface area contributed by atoms with E-state index in [1.54, 1.807) is 13.1 Å². The number of amides is 1. The van der Waals surface area contributed by atoms with Crippen LogP contribution in [0.4, 0.5) is 0 Å². The third kappa shape index (κ3) is 3.33. The van der Waals surface area contributed by atoms with Gasteiger partial charge < -0.3 is 14.2 Å². The molecule has 0 radical (unpaired) electrons. The van der Waals surface area contributed by atoms with Crippen LogP contribution in [0, 0.1) is 19.8 Å². The zero-order valence-electron chi connectivity index (χ0n) is 14.8. The summed E-state index contributed by atoms with van der Waals surface area (Å²) in [6.07, 6.45) is 5.15. The van der Waals surface area contributed by atoms with Crippen molar-refractivity contribution in [2.45, 2.75) is 52.2 Å². The van der Waals surface area contributed by atoms with E-state index in [9.17, 15) is 4.79 Å². The molecule has 2 aliphatic rings. The van der Waals surface area contributed by atoms with E-state index in [4.69, 9.17) is 9.26 Å². The number of ether oxygens (including phenoxy) is 1. The lowest BCUT2D eigenvalue weighted by Gasteiger charge is -2.29. The highest BCUT2D eigenvalue weighted by atomic mass is 16.5. The Morgan fingerprint density at radius 3 is 2.88 bits per heavy atom. The predicted molar refractivity (Wildman–Crippen MR) is 90.0 cm³/mol. The number of carbonyl (C=O) groups is 1. The molecular formula is C18H24N4O3. The van der Waals surface area contributed by atoms with Gasteiger partial charge in [0.25, 0.3) is 5.91 Å². The normalized spacial score (nSPS) is 20.4. The number of aryl methyl sites for hydroxylation is 3. The lowest BCUT2D eigenvalue weighted by Crippen LogP contribution is -2.42. The molecule has 1 aliphatic heterocycles. The van der Waals surface area contributed by atoms with Gasteiger partial charge in [-0.05, 0) is 45.1 Å². The summed E-state index contributed by atoms with van der Waals surface area (Å²) in [5.41, 5.74) is 2.25. The zero-order chi connectivity index (χ0) is 17.4. The number of hydrogen-bond donors (Lipinski definition) is 0. The van der Waals surface area contributed by atoms with E-state index >= 15 is 0 Å². The second-order valence-corrected chi connectivity index (χ2v) is 7.10. The minimum atomic E-state index is -0.0362. The van der Waals surface area contributed by atoms with Crippen LogP contribution >= 0.6 is 0 Å². The van der Waals surface area contributed by atoms with Crippen molar-refractivity contribution < 1.29 is 14.1 Å². The van der Waals surface area contributed by atoms with Crippen molar-refractivity contribution in [2.24, 2.45) is 5.92 Å². The van der Waals surface area contributed by atoms with Crippen molar-refractivity contribution in [1.29, 1.82) is 0 Å². The molecule has 7 nitrogen and oxygen atoms in total. The topological polar surface area (TPSA) is 73.4 Å². The maximum absolute atomic E-state index is 13.2.